The molecule has 4 rings (SSSR count). The van der Waals surface area contributed by atoms with Gasteiger partial charge < -0.3 is 4.40 Å². The second-order valence-corrected chi connectivity index (χ2v) is 6.09. The summed E-state index contributed by atoms with van der Waals surface area (Å²) >= 11 is 1.57. The molecule has 0 fully saturated rings. The Morgan fingerprint density at radius 3 is 2.78 bits per heavy atom. The van der Waals surface area contributed by atoms with Gasteiger partial charge in [0.15, 0.2) is 0 Å². The highest BCUT2D eigenvalue weighted by Crippen LogP contribution is 2.22. The van der Waals surface area contributed by atoms with Crippen LogP contribution in [0.5, 0.6) is 0 Å². The van der Waals surface area contributed by atoms with Crippen molar-refractivity contribution < 1.29 is 0 Å². The molecule has 0 amide bonds. The Balaban J connectivity index is 1.57. The number of para-hydroxylation sites is 1. The molecule has 0 atom stereocenters. The van der Waals surface area contributed by atoms with Gasteiger partial charge in [0.2, 0.25) is 5.16 Å². The maximum Gasteiger partial charge on any atom is 0.214 e. The van der Waals surface area contributed by atoms with Gasteiger partial charge in [-0.2, -0.15) is 4.68 Å². The topological polar surface area (TPSA) is 60.9 Å². The quantitative estimate of drug-likeness (QED) is 0.541. The highest BCUT2D eigenvalue weighted by atomic mass is 32.2. The van der Waals surface area contributed by atoms with Crippen LogP contribution < -0.4 is 0 Å². The van der Waals surface area contributed by atoms with E-state index in [1.54, 1.807) is 16.4 Å². The first-order valence-electron chi connectivity index (χ1n) is 7.21. The number of aromatic nitrogens is 6. The molecule has 1 aromatic carbocycles. The van der Waals surface area contributed by atoms with E-state index in [1.807, 2.05) is 53.2 Å². The third-order valence-electron chi connectivity index (χ3n) is 3.52. The van der Waals surface area contributed by atoms with Crippen LogP contribution in [0, 0.1) is 6.92 Å². The second-order valence-electron chi connectivity index (χ2n) is 5.15. The number of hydrogen-bond acceptors (Lipinski definition) is 5. The number of hydrogen-bond donors (Lipinski definition) is 0. The largest absolute Gasteiger partial charge is 0.307 e. The van der Waals surface area contributed by atoms with Gasteiger partial charge in [-0.3, -0.25) is 0 Å². The summed E-state index contributed by atoms with van der Waals surface area (Å²) in [7, 11) is 0. The highest BCUT2D eigenvalue weighted by molar-refractivity contribution is 7.98. The van der Waals surface area contributed by atoms with Crippen LogP contribution in [0.1, 0.15) is 11.3 Å². The molecular weight excluding hydrogens is 308 g/mol. The SMILES string of the molecule is Cc1cccn2cc(CSc3nnnn3-c3ccccc3)nc12. The zero-order valence-corrected chi connectivity index (χ0v) is 13.3. The molecule has 3 aromatic heterocycles. The smallest absolute Gasteiger partial charge is 0.214 e. The number of pyridine rings is 1. The lowest BCUT2D eigenvalue weighted by molar-refractivity contribution is 0.756. The second kappa shape index (κ2) is 5.85. The summed E-state index contributed by atoms with van der Waals surface area (Å²) in [5, 5.41) is 12.7. The molecule has 0 aliphatic carbocycles. The first-order chi connectivity index (χ1) is 11.3. The Morgan fingerprint density at radius 2 is 1.96 bits per heavy atom. The number of thioether (sulfide) groups is 1. The zero-order valence-electron chi connectivity index (χ0n) is 12.5. The molecule has 0 radical (unpaired) electrons. The van der Waals surface area contributed by atoms with Crippen LogP contribution in [-0.4, -0.2) is 29.6 Å². The fourth-order valence-electron chi connectivity index (χ4n) is 2.41. The molecule has 0 aliphatic heterocycles. The first kappa shape index (κ1) is 14.0. The fraction of sp³-hybridized carbons (Fsp3) is 0.125. The molecule has 0 saturated heterocycles. The molecular formula is C16H14N6S. The van der Waals surface area contributed by atoms with Gasteiger partial charge in [0.25, 0.3) is 0 Å². The van der Waals surface area contributed by atoms with Gasteiger partial charge in [-0.15, -0.1) is 5.10 Å². The van der Waals surface area contributed by atoms with Crippen LogP contribution in [0.3, 0.4) is 0 Å². The van der Waals surface area contributed by atoms with Crippen LogP contribution in [0.25, 0.3) is 11.3 Å². The summed E-state index contributed by atoms with van der Waals surface area (Å²) in [6.45, 7) is 2.06. The van der Waals surface area contributed by atoms with E-state index in [9.17, 15) is 0 Å². The molecule has 6 nitrogen and oxygen atoms in total. The molecule has 0 N–H and O–H groups in total. The van der Waals surface area contributed by atoms with Crippen LogP contribution in [0.2, 0.25) is 0 Å². The fourth-order valence-corrected chi connectivity index (χ4v) is 3.19. The number of fused-ring (bicyclic) bond motifs is 1. The lowest BCUT2D eigenvalue weighted by Gasteiger charge is -2.02. The third-order valence-corrected chi connectivity index (χ3v) is 4.47. The minimum absolute atomic E-state index is 0.717. The third kappa shape index (κ3) is 2.70. The van der Waals surface area contributed by atoms with Gasteiger partial charge in [-0.05, 0) is 41.1 Å². The molecule has 0 aliphatic rings. The van der Waals surface area contributed by atoms with E-state index in [0.717, 1.165) is 27.7 Å². The predicted octanol–water partition coefficient (Wildman–Crippen LogP) is 2.91. The van der Waals surface area contributed by atoms with Crippen molar-refractivity contribution in [3.63, 3.8) is 0 Å². The van der Waals surface area contributed by atoms with E-state index in [0.29, 0.717) is 5.75 Å². The van der Waals surface area contributed by atoms with Crippen molar-refractivity contribution in [1.82, 2.24) is 29.6 Å². The number of tetrazole rings is 1. The Hall–Kier alpha value is -2.67. The minimum atomic E-state index is 0.717. The summed E-state index contributed by atoms with van der Waals surface area (Å²) in [6, 6.07) is 14.0. The average molecular weight is 322 g/mol. The standard InChI is InChI=1S/C16H14N6S/c1-12-6-5-9-21-10-13(17-15(12)21)11-23-16-18-19-20-22(16)14-7-3-2-4-8-14/h2-10H,11H2,1H3. The molecule has 0 bridgehead atoms. The predicted molar refractivity (Wildman–Crippen MR) is 88.6 cm³/mol. The monoisotopic (exact) mass is 322 g/mol. The van der Waals surface area contributed by atoms with Crippen molar-refractivity contribution in [3.05, 3.63) is 66.1 Å². The van der Waals surface area contributed by atoms with Gasteiger partial charge in [-0.1, -0.05) is 36.0 Å². The molecule has 0 unspecified atom stereocenters. The van der Waals surface area contributed by atoms with Gasteiger partial charge >= 0.3 is 0 Å². The summed E-state index contributed by atoms with van der Waals surface area (Å²) in [5.41, 5.74) is 4.11. The van der Waals surface area contributed by atoms with Gasteiger partial charge in [0.1, 0.15) is 5.65 Å². The number of rotatable bonds is 4. The zero-order chi connectivity index (χ0) is 15.6. The van der Waals surface area contributed by atoms with Gasteiger partial charge in [0, 0.05) is 18.1 Å². The molecule has 23 heavy (non-hydrogen) atoms. The van der Waals surface area contributed by atoms with E-state index in [4.69, 9.17) is 0 Å². The van der Waals surface area contributed by atoms with Crippen LogP contribution in [0.4, 0.5) is 0 Å². The molecule has 0 saturated carbocycles. The Labute approximate surface area is 137 Å². The average Bonchev–Trinajstić information content (AvgIpc) is 3.21. The maximum atomic E-state index is 4.68. The van der Waals surface area contributed by atoms with E-state index in [-0.39, 0.29) is 0 Å². The Bertz CT molecular complexity index is 944. The normalized spacial score (nSPS) is 11.2. The number of imidazole rings is 1. The molecule has 7 heteroatoms. The number of aryl methyl sites for hydroxylation is 1. The first-order valence-corrected chi connectivity index (χ1v) is 8.19. The van der Waals surface area contributed by atoms with Crippen LogP contribution in [-0.2, 0) is 5.75 Å². The molecule has 4 aromatic rings. The van der Waals surface area contributed by atoms with Crippen molar-refractivity contribution in [2.24, 2.45) is 0 Å². The Morgan fingerprint density at radius 1 is 1.09 bits per heavy atom. The molecule has 0 spiro atoms. The summed E-state index contributed by atoms with van der Waals surface area (Å²) in [4.78, 5) is 4.68. The number of nitrogens with zero attached hydrogens (tertiary/aromatic N) is 6. The maximum absolute atomic E-state index is 4.68. The van der Waals surface area contributed by atoms with Crippen molar-refractivity contribution in [2.75, 3.05) is 0 Å². The van der Waals surface area contributed by atoms with E-state index in [1.165, 1.54) is 0 Å². The lowest BCUT2D eigenvalue weighted by Crippen LogP contribution is -1.98. The summed E-state index contributed by atoms with van der Waals surface area (Å²) in [6.07, 6.45) is 4.06. The van der Waals surface area contributed by atoms with Crippen molar-refractivity contribution in [2.45, 2.75) is 17.8 Å². The highest BCUT2D eigenvalue weighted by Gasteiger charge is 2.10. The van der Waals surface area contributed by atoms with Gasteiger partial charge in [0.05, 0.1) is 11.4 Å². The van der Waals surface area contributed by atoms with Crippen LogP contribution in [0.15, 0.2) is 60.0 Å². The Kier molecular flexibility index (Phi) is 3.55. The van der Waals surface area contributed by atoms with Crippen molar-refractivity contribution >= 4 is 17.4 Å². The van der Waals surface area contributed by atoms with Crippen LogP contribution >= 0.6 is 11.8 Å². The minimum Gasteiger partial charge on any atom is -0.307 e. The van der Waals surface area contributed by atoms with E-state index >= 15 is 0 Å². The van der Waals surface area contributed by atoms with Crippen molar-refractivity contribution in [3.8, 4) is 5.69 Å². The van der Waals surface area contributed by atoms with Crippen molar-refractivity contribution in [1.29, 1.82) is 0 Å². The molecule has 114 valence electrons. The summed E-state index contributed by atoms with van der Waals surface area (Å²) < 4.78 is 3.79. The lowest BCUT2D eigenvalue weighted by atomic mass is 10.3. The number of benzene rings is 1. The van der Waals surface area contributed by atoms with E-state index in [2.05, 4.69) is 33.5 Å². The summed E-state index contributed by atoms with van der Waals surface area (Å²) in [5.74, 6) is 0.717. The van der Waals surface area contributed by atoms with Gasteiger partial charge in [-0.25, -0.2) is 4.98 Å². The van der Waals surface area contributed by atoms with E-state index < -0.39 is 0 Å². The molecule has 3 heterocycles.